The second kappa shape index (κ2) is 7.37. The first-order valence-corrected chi connectivity index (χ1v) is 9.19. The molecule has 1 heterocycles. The number of nitrogens with zero attached hydrogens (tertiary/aromatic N) is 4. The molecule has 128 valence electrons. The van der Waals surface area contributed by atoms with Gasteiger partial charge in [0.2, 0.25) is 10.0 Å². The Bertz CT molecular complexity index is 953. The monoisotopic (exact) mass is 355 g/mol. The molecule has 0 saturated heterocycles. The van der Waals surface area contributed by atoms with Crippen molar-refractivity contribution >= 4 is 16.1 Å². The molecule has 3 aromatic rings. The molecule has 0 bridgehead atoms. The lowest BCUT2D eigenvalue weighted by molar-refractivity contribution is 0.563. The number of sulfonamides is 1. The number of para-hydroxylation sites is 1. The van der Waals surface area contributed by atoms with Crippen LogP contribution in [-0.4, -0.2) is 28.6 Å². The van der Waals surface area contributed by atoms with E-state index in [4.69, 9.17) is 0 Å². The van der Waals surface area contributed by atoms with Gasteiger partial charge in [-0.15, -0.1) is 5.10 Å². The number of tetrazole rings is 1. The number of benzene rings is 2. The van der Waals surface area contributed by atoms with Gasteiger partial charge < -0.3 is 0 Å². The van der Waals surface area contributed by atoms with E-state index in [-0.39, 0.29) is 0 Å². The highest BCUT2D eigenvalue weighted by molar-refractivity contribution is 7.92. The fourth-order valence-corrected chi connectivity index (χ4v) is 3.30. The van der Waals surface area contributed by atoms with Gasteiger partial charge in [-0.3, -0.25) is 0 Å². The Balaban J connectivity index is 1.77. The van der Waals surface area contributed by atoms with Gasteiger partial charge in [-0.1, -0.05) is 48.5 Å². The van der Waals surface area contributed by atoms with Gasteiger partial charge in [-0.25, -0.2) is 13.1 Å². The van der Waals surface area contributed by atoms with Gasteiger partial charge in [0, 0.05) is 5.41 Å². The Morgan fingerprint density at radius 3 is 2.36 bits per heavy atom. The first-order valence-electron chi connectivity index (χ1n) is 7.64. The van der Waals surface area contributed by atoms with E-state index in [1.807, 2.05) is 60.7 Å². The predicted molar refractivity (Wildman–Crippen MR) is 95.1 cm³/mol. The summed E-state index contributed by atoms with van der Waals surface area (Å²) in [6.07, 6.45) is 1.54. The number of nitrogens with one attached hydrogen (secondary N) is 1. The second-order valence-corrected chi connectivity index (χ2v) is 6.98. The fourth-order valence-electron chi connectivity index (χ4n) is 2.29. The van der Waals surface area contributed by atoms with Crippen LogP contribution in [0.15, 0.2) is 66.1 Å². The average Bonchev–Trinajstić information content (AvgIpc) is 3.11. The van der Waals surface area contributed by atoms with Gasteiger partial charge in [-0.2, -0.15) is 4.68 Å². The zero-order chi connectivity index (χ0) is 17.7. The predicted octanol–water partition coefficient (Wildman–Crippen LogP) is 2.31. The number of hydrogen-bond donors (Lipinski definition) is 1. The van der Waals surface area contributed by atoms with Crippen molar-refractivity contribution in [1.82, 2.24) is 24.9 Å². The van der Waals surface area contributed by atoms with Crippen molar-refractivity contribution in [3.8, 4) is 5.69 Å². The van der Waals surface area contributed by atoms with E-state index < -0.39 is 16.1 Å². The molecular weight excluding hydrogens is 338 g/mol. The number of aromatic nitrogens is 4. The fraction of sp³-hybridized carbons (Fsp3) is 0.118. The van der Waals surface area contributed by atoms with Crippen LogP contribution in [0.4, 0.5) is 0 Å². The van der Waals surface area contributed by atoms with Crippen molar-refractivity contribution in [2.75, 3.05) is 0 Å². The highest BCUT2D eigenvalue weighted by Gasteiger charge is 2.20. The molecule has 1 unspecified atom stereocenters. The largest absolute Gasteiger partial charge is 0.234 e. The van der Waals surface area contributed by atoms with Crippen molar-refractivity contribution < 1.29 is 8.42 Å². The molecule has 7 nitrogen and oxygen atoms in total. The Morgan fingerprint density at radius 1 is 1.04 bits per heavy atom. The van der Waals surface area contributed by atoms with Crippen molar-refractivity contribution in [2.24, 2.45) is 0 Å². The van der Waals surface area contributed by atoms with Crippen molar-refractivity contribution in [1.29, 1.82) is 0 Å². The molecule has 3 rings (SSSR count). The molecule has 0 saturated carbocycles. The third-order valence-corrected chi connectivity index (χ3v) is 4.64. The normalized spacial score (nSPS) is 13.2. The van der Waals surface area contributed by atoms with Crippen LogP contribution in [0.1, 0.15) is 24.4 Å². The summed E-state index contributed by atoms with van der Waals surface area (Å²) in [6, 6.07) is 17.9. The van der Waals surface area contributed by atoms with Gasteiger partial charge in [0.1, 0.15) is 0 Å². The van der Waals surface area contributed by atoms with Crippen molar-refractivity contribution in [2.45, 2.75) is 13.0 Å². The van der Waals surface area contributed by atoms with Crippen molar-refractivity contribution in [3.05, 3.63) is 77.5 Å². The van der Waals surface area contributed by atoms with Crippen molar-refractivity contribution in [3.63, 3.8) is 0 Å². The first-order chi connectivity index (χ1) is 12.1. The summed E-state index contributed by atoms with van der Waals surface area (Å²) in [5.74, 6) is 0.405. The smallest absolute Gasteiger partial charge is 0.208 e. The maximum absolute atomic E-state index is 12.3. The molecule has 1 aromatic heterocycles. The molecule has 25 heavy (non-hydrogen) atoms. The summed E-state index contributed by atoms with van der Waals surface area (Å²) in [7, 11) is -3.64. The molecule has 0 fully saturated rings. The van der Waals surface area contributed by atoms with Crippen LogP contribution in [0.2, 0.25) is 0 Å². The zero-order valence-electron chi connectivity index (χ0n) is 13.5. The Labute approximate surface area is 146 Å². The summed E-state index contributed by atoms with van der Waals surface area (Å²) in [5, 5.41) is 12.7. The molecular formula is C17H17N5O2S. The molecule has 0 aliphatic heterocycles. The summed E-state index contributed by atoms with van der Waals surface area (Å²) in [5.41, 5.74) is 1.56. The molecule has 0 spiro atoms. The Morgan fingerprint density at radius 2 is 1.68 bits per heavy atom. The van der Waals surface area contributed by atoms with Crippen LogP contribution in [0.5, 0.6) is 0 Å². The van der Waals surface area contributed by atoms with Crippen LogP contribution in [-0.2, 0) is 10.0 Å². The minimum atomic E-state index is -3.64. The minimum absolute atomic E-state index is 0.405. The van der Waals surface area contributed by atoms with E-state index in [9.17, 15) is 8.42 Å². The lowest BCUT2D eigenvalue weighted by atomic mass is 10.2. The van der Waals surface area contributed by atoms with Gasteiger partial charge >= 0.3 is 0 Å². The molecule has 0 aliphatic rings. The summed E-state index contributed by atoms with van der Waals surface area (Å²) in [4.78, 5) is 0. The topological polar surface area (TPSA) is 89.8 Å². The molecule has 1 N–H and O–H groups in total. The lowest BCUT2D eigenvalue weighted by Crippen LogP contribution is -2.27. The number of hydrogen-bond acceptors (Lipinski definition) is 5. The third-order valence-electron chi connectivity index (χ3n) is 3.46. The molecule has 0 amide bonds. The van der Waals surface area contributed by atoms with Crippen LogP contribution >= 0.6 is 0 Å². The average molecular weight is 355 g/mol. The quantitative estimate of drug-likeness (QED) is 0.733. The summed E-state index contributed by atoms with van der Waals surface area (Å²) in [6.45, 7) is 1.69. The molecule has 0 radical (unpaired) electrons. The van der Waals surface area contributed by atoms with E-state index in [0.717, 1.165) is 16.7 Å². The zero-order valence-corrected chi connectivity index (χ0v) is 14.3. The highest BCUT2D eigenvalue weighted by atomic mass is 32.2. The van der Waals surface area contributed by atoms with Crippen LogP contribution in [0.3, 0.4) is 0 Å². The summed E-state index contributed by atoms with van der Waals surface area (Å²) < 4.78 is 28.6. The maximum Gasteiger partial charge on any atom is 0.234 e. The van der Waals surface area contributed by atoms with Crippen LogP contribution in [0, 0.1) is 0 Å². The van der Waals surface area contributed by atoms with E-state index in [1.165, 1.54) is 10.8 Å². The van der Waals surface area contributed by atoms with Crippen LogP contribution in [0.25, 0.3) is 11.8 Å². The highest BCUT2D eigenvalue weighted by Crippen LogP contribution is 2.15. The molecule has 0 aliphatic carbocycles. The van der Waals surface area contributed by atoms with Gasteiger partial charge in [0.25, 0.3) is 0 Å². The number of rotatable bonds is 6. The van der Waals surface area contributed by atoms with E-state index in [1.54, 1.807) is 6.92 Å². The Kier molecular flexibility index (Phi) is 5.01. The lowest BCUT2D eigenvalue weighted by Gasteiger charge is -2.12. The Hall–Kier alpha value is -2.84. The van der Waals surface area contributed by atoms with Gasteiger partial charge in [0.05, 0.1) is 11.7 Å². The molecule has 2 aromatic carbocycles. The minimum Gasteiger partial charge on any atom is -0.208 e. The standard InChI is InChI=1S/C17H17N5O2S/c1-14(17-18-20-21-22(17)16-10-6-3-7-11-16)19-25(23,24)13-12-15-8-4-2-5-9-15/h2-14,19H,1H3. The summed E-state index contributed by atoms with van der Waals surface area (Å²) >= 11 is 0. The van der Waals surface area contributed by atoms with Gasteiger partial charge in [0.15, 0.2) is 5.82 Å². The van der Waals surface area contributed by atoms with Gasteiger partial charge in [-0.05, 0) is 41.1 Å². The maximum atomic E-state index is 12.3. The van der Waals surface area contributed by atoms with E-state index >= 15 is 0 Å². The molecule has 1 atom stereocenters. The van der Waals surface area contributed by atoms with E-state index in [2.05, 4.69) is 20.2 Å². The first kappa shape index (κ1) is 17.0. The SMILES string of the molecule is CC(NS(=O)(=O)C=Cc1ccccc1)c1nnnn1-c1ccccc1. The third kappa shape index (κ3) is 4.37. The van der Waals surface area contributed by atoms with E-state index in [0.29, 0.717) is 5.82 Å². The second-order valence-electron chi connectivity index (χ2n) is 5.38. The molecule has 8 heteroatoms. The van der Waals surface area contributed by atoms with Crippen LogP contribution < -0.4 is 4.72 Å².